The molecule has 0 bridgehead atoms. The molecule has 0 saturated heterocycles. The summed E-state index contributed by atoms with van der Waals surface area (Å²) in [6.07, 6.45) is 0. The van der Waals surface area contributed by atoms with Crippen LogP contribution >= 0.6 is 15.9 Å². The van der Waals surface area contributed by atoms with Gasteiger partial charge in [0.25, 0.3) is 0 Å². The Morgan fingerprint density at radius 1 is 1.13 bits per heavy atom. The summed E-state index contributed by atoms with van der Waals surface area (Å²) < 4.78 is 0.768. The molecule has 0 radical (unpaired) electrons. The summed E-state index contributed by atoms with van der Waals surface area (Å²) in [7, 11) is 0. The maximum Gasteiger partial charge on any atom is 0.137 e. The second kappa shape index (κ2) is 3.86. The molecule has 0 fully saturated rings. The Balaban J connectivity index is 2.88. The highest BCUT2D eigenvalue weighted by Gasteiger charge is 2.11. The van der Waals surface area contributed by atoms with E-state index in [0.29, 0.717) is 11.7 Å². The predicted octanol–water partition coefficient (Wildman–Crippen LogP) is 4.43. The van der Waals surface area contributed by atoms with E-state index in [-0.39, 0.29) is 0 Å². The van der Waals surface area contributed by atoms with Crippen LogP contribution in [0, 0.1) is 0 Å². The van der Waals surface area contributed by atoms with Crippen molar-refractivity contribution < 1.29 is 5.11 Å². The minimum absolute atomic E-state index is 0.329. The zero-order valence-electron chi connectivity index (χ0n) is 8.79. The molecular weight excluding hydrogens is 252 g/mol. The standard InChI is InChI=1S/C13H13BrO/c1-8(2)11-7-12(14)13(15)10-6-4-3-5-9(10)11/h3-8,15H,1-2H3. The Bertz CT molecular complexity index is 503. The van der Waals surface area contributed by atoms with Gasteiger partial charge in [-0.3, -0.25) is 0 Å². The average molecular weight is 265 g/mol. The van der Waals surface area contributed by atoms with Crippen molar-refractivity contribution in [3.05, 3.63) is 40.4 Å². The van der Waals surface area contributed by atoms with Crippen LogP contribution in [0.1, 0.15) is 25.3 Å². The van der Waals surface area contributed by atoms with Crippen LogP contribution in [0.2, 0.25) is 0 Å². The van der Waals surface area contributed by atoms with Gasteiger partial charge in [-0.2, -0.15) is 0 Å². The van der Waals surface area contributed by atoms with Crippen molar-refractivity contribution in [2.75, 3.05) is 0 Å². The van der Waals surface area contributed by atoms with Crippen molar-refractivity contribution in [2.45, 2.75) is 19.8 Å². The lowest BCUT2D eigenvalue weighted by atomic mass is 9.96. The summed E-state index contributed by atoms with van der Waals surface area (Å²) in [5.41, 5.74) is 1.26. The van der Waals surface area contributed by atoms with Crippen LogP contribution in [0.5, 0.6) is 5.75 Å². The van der Waals surface area contributed by atoms with E-state index >= 15 is 0 Å². The number of fused-ring (bicyclic) bond motifs is 1. The van der Waals surface area contributed by atoms with E-state index in [1.54, 1.807) is 0 Å². The smallest absolute Gasteiger partial charge is 0.137 e. The number of rotatable bonds is 1. The lowest BCUT2D eigenvalue weighted by molar-refractivity contribution is 0.478. The molecule has 0 atom stereocenters. The second-order valence-corrected chi connectivity index (χ2v) is 4.85. The fourth-order valence-electron chi connectivity index (χ4n) is 1.83. The van der Waals surface area contributed by atoms with Crippen LogP contribution in [0.3, 0.4) is 0 Å². The van der Waals surface area contributed by atoms with Gasteiger partial charge >= 0.3 is 0 Å². The van der Waals surface area contributed by atoms with E-state index in [1.807, 2.05) is 24.3 Å². The lowest BCUT2D eigenvalue weighted by Crippen LogP contribution is -1.90. The first-order valence-electron chi connectivity index (χ1n) is 5.01. The SMILES string of the molecule is CC(C)c1cc(Br)c(O)c2ccccc12. The Kier molecular flexibility index (Phi) is 2.70. The van der Waals surface area contributed by atoms with Crippen molar-refractivity contribution in [3.63, 3.8) is 0 Å². The normalized spacial score (nSPS) is 11.2. The van der Waals surface area contributed by atoms with Gasteiger partial charge in [0, 0.05) is 5.39 Å². The molecule has 0 aliphatic carbocycles. The molecule has 0 heterocycles. The second-order valence-electron chi connectivity index (χ2n) is 4.00. The van der Waals surface area contributed by atoms with Crippen LogP contribution in [-0.2, 0) is 0 Å². The zero-order valence-corrected chi connectivity index (χ0v) is 10.4. The minimum atomic E-state index is 0.329. The molecule has 0 aliphatic rings. The molecule has 0 unspecified atom stereocenters. The molecule has 78 valence electrons. The van der Waals surface area contributed by atoms with Crippen LogP contribution in [0.15, 0.2) is 34.8 Å². The average Bonchev–Trinajstić information content (AvgIpc) is 2.23. The Labute approximate surface area is 97.9 Å². The summed E-state index contributed by atoms with van der Waals surface area (Å²) >= 11 is 3.39. The van der Waals surface area contributed by atoms with Gasteiger partial charge in [0.1, 0.15) is 5.75 Å². The first-order valence-corrected chi connectivity index (χ1v) is 5.80. The van der Waals surface area contributed by atoms with E-state index < -0.39 is 0 Å². The van der Waals surface area contributed by atoms with E-state index in [9.17, 15) is 5.11 Å². The summed E-state index contributed by atoms with van der Waals surface area (Å²) in [6.45, 7) is 4.32. The highest BCUT2D eigenvalue weighted by molar-refractivity contribution is 9.10. The van der Waals surface area contributed by atoms with Gasteiger partial charge < -0.3 is 5.11 Å². The van der Waals surface area contributed by atoms with Crippen molar-refractivity contribution >= 4 is 26.7 Å². The molecule has 1 nitrogen and oxygen atoms in total. The maximum atomic E-state index is 9.92. The number of halogens is 1. The third-order valence-electron chi connectivity index (χ3n) is 2.62. The van der Waals surface area contributed by atoms with Gasteiger partial charge in [0.15, 0.2) is 0 Å². The van der Waals surface area contributed by atoms with Crippen LogP contribution in [0.4, 0.5) is 0 Å². The highest BCUT2D eigenvalue weighted by atomic mass is 79.9. The topological polar surface area (TPSA) is 20.2 Å². The van der Waals surface area contributed by atoms with Gasteiger partial charge in [0.05, 0.1) is 4.47 Å². The molecule has 0 spiro atoms. The Morgan fingerprint density at radius 2 is 1.73 bits per heavy atom. The largest absolute Gasteiger partial charge is 0.506 e. The quantitative estimate of drug-likeness (QED) is 0.808. The number of hydrogen-bond acceptors (Lipinski definition) is 1. The van der Waals surface area contributed by atoms with E-state index in [0.717, 1.165) is 15.2 Å². The summed E-state index contributed by atoms with van der Waals surface area (Å²) in [5, 5.41) is 12.0. The molecular formula is C13H13BrO. The number of phenols is 1. The number of benzene rings is 2. The van der Waals surface area contributed by atoms with Gasteiger partial charge in [0.2, 0.25) is 0 Å². The minimum Gasteiger partial charge on any atom is -0.506 e. The molecule has 0 aliphatic heterocycles. The van der Waals surface area contributed by atoms with E-state index in [4.69, 9.17) is 0 Å². The number of hydrogen-bond donors (Lipinski definition) is 1. The highest BCUT2D eigenvalue weighted by Crippen LogP contribution is 2.37. The predicted molar refractivity (Wildman–Crippen MR) is 67.4 cm³/mol. The molecule has 2 aromatic carbocycles. The molecule has 0 saturated carbocycles. The monoisotopic (exact) mass is 264 g/mol. The van der Waals surface area contributed by atoms with E-state index in [1.165, 1.54) is 5.56 Å². The van der Waals surface area contributed by atoms with Crippen molar-refractivity contribution in [1.82, 2.24) is 0 Å². The molecule has 2 rings (SSSR count). The summed E-state index contributed by atoms with van der Waals surface area (Å²) in [4.78, 5) is 0. The van der Waals surface area contributed by atoms with Crippen LogP contribution in [0.25, 0.3) is 10.8 Å². The van der Waals surface area contributed by atoms with Crippen molar-refractivity contribution in [2.24, 2.45) is 0 Å². The summed E-state index contributed by atoms with van der Waals surface area (Å²) in [6, 6.07) is 9.95. The first-order chi connectivity index (χ1) is 7.11. The third kappa shape index (κ3) is 1.74. The van der Waals surface area contributed by atoms with Gasteiger partial charge in [-0.25, -0.2) is 0 Å². The third-order valence-corrected chi connectivity index (χ3v) is 3.23. The van der Waals surface area contributed by atoms with Crippen LogP contribution < -0.4 is 0 Å². The fraction of sp³-hybridized carbons (Fsp3) is 0.231. The van der Waals surface area contributed by atoms with Gasteiger partial charge in [-0.15, -0.1) is 0 Å². The van der Waals surface area contributed by atoms with Crippen molar-refractivity contribution in [1.29, 1.82) is 0 Å². The van der Waals surface area contributed by atoms with Gasteiger partial charge in [-0.05, 0) is 38.9 Å². The molecule has 0 aromatic heterocycles. The number of phenolic OH excluding ortho intramolecular Hbond substituents is 1. The van der Waals surface area contributed by atoms with E-state index in [2.05, 4.69) is 35.8 Å². The van der Waals surface area contributed by atoms with Crippen LogP contribution in [-0.4, -0.2) is 5.11 Å². The summed E-state index contributed by atoms with van der Waals surface area (Å²) in [5.74, 6) is 0.779. The van der Waals surface area contributed by atoms with Crippen molar-refractivity contribution in [3.8, 4) is 5.75 Å². The fourth-order valence-corrected chi connectivity index (χ4v) is 2.29. The Morgan fingerprint density at radius 3 is 2.33 bits per heavy atom. The maximum absolute atomic E-state index is 9.92. The Hall–Kier alpha value is -1.02. The molecule has 0 amide bonds. The number of aromatic hydroxyl groups is 1. The van der Waals surface area contributed by atoms with Gasteiger partial charge in [-0.1, -0.05) is 38.1 Å². The molecule has 2 heteroatoms. The molecule has 15 heavy (non-hydrogen) atoms. The molecule has 1 N–H and O–H groups in total. The first kappa shape index (κ1) is 10.5. The zero-order chi connectivity index (χ0) is 11.0. The lowest BCUT2D eigenvalue weighted by Gasteiger charge is -2.12. The molecule has 2 aromatic rings.